The lowest BCUT2D eigenvalue weighted by molar-refractivity contribution is 0.199. The van der Waals surface area contributed by atoms with Crippen molar-refractivity contribution in [3.63, 3.8) is 0 Å². The molecule has 2 aromatic carbocycles. The van der Waals surface area contributed by atoms with Gasteiger partial charge >= 0.3 is 0 Å². The number of aromatic nitrogens is 6. The minimum absolute atomic E-state index is 0.279. The Balaban J connectivity index is 1.42. The van der Waals surface area contributed by atoms with Crippen LogP contribution in [0.3, 0.4) is 0 Å². The first-order chi connectivity index (χ1) is 17.6. The van der Waals surface area contributed by atoms with Crippen LogP contribution in [0.2, 0.25) is 0 Å². The Morgan fingerprint density at radius 2 is 1.86 bits per heavy atom. The summed E-state index contributed by atoms with van der Waals surface area (Å²) in [5, 5.41) is 21.3. The van der Waals surface area contributed by atoms with Gasteiger partial charge in [-0.2, -0.15) is 5.10 Å². The fourth-order valence-electron chi connectivity index (χ4n) is 4.22. The van der Waals surface area contributed by atoms with Crippen molar-refractivity contribution in [3.8, 4) is 33.9 Å². The van der Waals surface area contributed by atoms with E-state index in [1.54, 1.807) is 30.7 Å². The summed E-state index contributed by atoms with van der Waals surface area (Å²) in [7, 11) is 0. The SMILES string of the molecule is CCC(O)Nc1cncc(-c2cc3c(-c4nc5c(-c6ccc(F)cc6)cccc5[nH]4)n[nH]c3cn2)c1. The summed E-state index contributed by atoms with van der Waals surface area (Å²) in [4.78, 5) is 17.1. The molecule has 4 aromatic heterocycles. The zero-order valence-electron chi connectivity index (χ0n) is 19.3. The highest BCUT2D eigenvalue weighted by Gasteiger charge is 2.16. The second kappa shape index (κ2) is 8.86. The van der Waals surface area contributed by atoms with Crippen LogP contribution in [0.1, 0.15) is 13.3 Å². The Labute approximate surface area is 205 Å². The number of nitrogens with zero attached hydrogens (tertiary/aromatic N) is 4. The topological polar surface area (TPSA) is 115 Å². The fourth-order valence-corrected chi connectivity index (χ4v) is 4.22. The van der Waals surface area contributed by atoms with E-state index in [-0.39, 0.29) is 5.82 Å². The van der Waals surface area contributed by atoms with Crippen LogP contribution in [-0.2, 0) is 0 Å². The van der Waals surface area contributed by atoms with E-state index >= 15 is 0 Å². The van der Waals surface area contributed by atoms with E-state index in [0.717, 1.165) is 44.3 Å². The van der Waals surface area contributed by atoms with E-state index in [1.165, 1.54) is 12.1 Å². The molecule has 4 N–H and O–H groups in total. The second-order valence-corrected chi connectivity index (χ2v) is 8.51. The lowest BCUT2D eigenvalue weighted by Gasteiger charge is -2.12. The van der Waals surface area contributed by atoms with Gasteiger partial charge in [0.1, 0.15) is 17.7 Å². The minimum atomic E-state index is -0.647. The lowest BCUT2D eigenvalue weighted by Crippen LogP contribution is -2.16. The fraction of sp³-hybridized carbons (Fsp3) is 0.111. The molecule has 0 amide bonds. The summed E-state index contributed by atoms with van der Waals surface area (Å²) >= 11 is 0. The largest absolute Gasteiger partial charge is 0.374 e. The number of imidazole rings is 1. The average Bonchev–Trinajstić information content (AvgIpc) is 3.53. The number of fused-ring (bicyclic) bond motifs is 2. The standard InChI is InChI=1S/C27H22FN7O/c1-2-24(36)31-18-10-16(12-29-13-18)22-11-20-23(14-30-22)34-35-26(20)27-32-21-5-3-4-19(25(21)33-27)15-6-8-17(28)9-7-15/h3-14,24,31,36H,2H2,1H3,(H,32,33)(H,34,35). The molecule has 0 bridgehead atoms. The summed E-state index contributed by atoms with van der Waals surface area (Å²) < 4.78 is 13.4. The molecule has 0 saturated heterocycles. The van der Waals surface area contributed by atoms with Gasteiger partial charge in [0.2, 0.25) is 0 Å². The molecular weight excluding hydrogens is 457 g/mol. The molecule has 36 heavy (non-hydrogen) atoms. The number of hydrogen-bond donors (Lipinski definition) is 4. The third kappa shape index (κ3) is 3.95. The number of aliphatic hydroxyl groups excluding tert-OH is 1. The molecule has 0 saturated carbocycles. The van der Waals surface area contributed by atoms with Gasteiger partial charge in [0.25, 0.3) is 0 Å². The Kier molecular flexibility index (Phi) is 5.38. The monoisotopic (exact) mass is 479 g/mol. The number of benzene rings is 2. The molecule has 1 atom stereocenters. The molecule has 0 aliphatic carbocycles. The number of aromatic amines is 2. The van der Waals surface area contributed by atoms with E-state index in [9.17, 15) is 9.50 Å². The van der Waals surface area contributed by atoms with Crippen molar-refractivity contribution in [2.75, 3.05) is 5.32 Å². The van der Waals surface area contributed by atoms with Gasteiger partial charge in [-0.15, -0.1) is 0 Å². The van der Waals surface area contributed by atoms with Gasteiger partial charge in [0.05, 0.1) is 40.3 Å². The molecular formula is C27H22FN7O. The van der Waals surface area contributed by atoms with Crippen molar-refractivity contribution in [1.29, 1.82) is 0 Å². The maximum absolute atomic E-state index is 13.4. The number of hydrogen-bond acceptors (Lipinski definition) is 6. The van der Waals surface area contributed by atoms with Crippen molar-refractivity contribution in [2.45, 2.75) is 19.6 Å². The van der Waals surface area contributed by atoms with Gasteiger partial charge in [0, 0.05) is 22.7 Å². The van der Waals surface area contributed by atoms with Crippen LogP contribution >= 0.6 is 0 Å². The average molecular weight is 480 g/mol. The molecule has 1 unspecified atom stereocenters. The first kappa shape index (κ1) is 21.9. The smallest absolute Gasteiger partial charge is 0.159 e. The number of nitrogens with one attached hydrogen (secondary N) is 3. The van der Waals surface area contributed by atoms with Gasteiger partial charge in [-0.3, -0.25) is 15.1 Å². The van der Waals surface area contributed by atoms with Crippen molar-refractivity contribution in [1.82, 2.24) is 30.1 Å². The van der Waals surface area contributed by atoms with E-state index in [0.29, 0.717) is 23.6 Å². The van der Waals surface area contributed by atoms with Crippen molar-refractivity contribution in [2.24, 2.45) is 0 Å². The number of anilines is 1. The predicted octanol–water partition coefficient (Wildman–Crippen LogP) is 5.51. The Morgan fingerprint density at radius 3 is 2.69 bits per heavy atom. The zero-order valence-corrected chi connectivity index (χ0v) is 19.3. The number of para-hydroxylation sites is 1. The van der Waals surface area contributed by atoms with Crippen LogP contribution in [0.5, 0.6) is 0 Å². The Bertz CT molecular complexity index is 1690. The third-order valence-corrected chi connectivity index (χ3v) is 6.09. The Hall–Kier alpha value is -4.63. The highest BCUT2D eigenvalue weighted by Crippen LogP contribution is 2.32. The summed E-state index contributed by atoms with van der Waals surface area (Å²) in [6, 6.07) is 16.1. The van der Waals surface area contributed by atoms with Crippen molar-refractivity contribution in [3.05, 3.63) is 79.0 Å². The Morgan fingerprint density at radius 1 is 1.00 bits per heavy atom. The summed E-state index contributed by atoms with van der Waals surface area (Å²) in [6.45, 7) is 1.89. The molecule has 8 nitrogen and oxygen atoms in total. The maximum atomic E-state index is 13.4. The molecule has 0 radical (unpaired) electrons. The van der Waals surface area contributed by atoms with Crippen molar-refractivity contribution < 1.29 is 9.50 Å². The van der Waals surface area contributed by atoms with Crippen LogP contribution in [0, 0.1) is 5.82 Å². The molecule has 0 fully saturated rings. The first-order valence-electron chi connectivity index (χ1n) is 11.6. The number of aliphatic hydroxyl groups is 1. The van der Waals surface area contributed by atoms with E-state index in [4.69, 9.17) is 4.98 Å². The van der Waals surface area contributed by atoms with E-state index in [1.807, 2.05) is 37.3 Å². The van der Waals surface area contributed by atoms with E-state index in [2.05, 4.69) is 30.5 Å². The number of rotatable bonds is 6. The van der Waals surface area contributed by atoms with Crippen LogP contribution in [0.15, 0.2) is 73.2 Å². The molecule has 0 spiro atoms. The predicted molar refractivity (Wildman–Crippen MR) is 138 cm³/mol. The van der Waals surface area contributed by atoms with Gasteiger partial charge in [-0.1, -0.05) is 31.2 Å². The molecule has 6 aromatic rings. The van der Waals surface area contributed by atoms with Crippen LogP contribution in [0.25, 0.3) is 55.8 Å². The van der Waals surface area contributed by atoms with E-state index < -0.39 is 6.23 Å². The molecule has 178 valence electrons. The molecule has 4 heterocycles. The molecule has 0 aliphatic rings. The van der Waals surface area contributed by atoms with Gasteiger partial charge < -0.3 is 15.4 Å². The first-order valence-corrected chi connectivity index (χ1v) is 11.6. The van der Waals surface area contributed by atoms with Crippen LogP contribution in [0.4, 0.5) is 10.1 Å². The lowest BCUT2D eigenvalue weighted by atomic mass is 10.0. The normalized spacial score (nSPS) is 12.3. The number of halogens is 1. The molecule has 0 aliphatic heterocycles. The molecule has 6 rings (SSSR count). The summed E-state index contributed by atoms with van der Waals surface area (Å²) in [6.07, 6.45) is 5.05. The second-order valence-electron chi connectivity index (χ2n) is 8.51. The zero-order chi connectivity index (χ0) is 24.6. The highest BCUT2D eigenvalue weighted by atomic mass is 19.1. The third-order valence-electron chi connectivity index (χ3n) is 6.09. The van der Waals surface area contributed by atoms with Gasteiger partial charge in [0.15, 0.2) is 5.82 Å². The summed E-state index contributed by atoms with van der Waals surface area (Å²) in [5.74, 6) is 0.335. The maximum Gasteiger partial charge on any atom is 0.159 e. The molecule has 9 heteroatoms. The van der Waals surface area contributed by atoms with Crippen LogP contribution in [-0.4, -0.2) is 41.5 Å². The summed E-state index contributed by atoms with van der Waals surface area (Å²) in [5.41, 5.74) is 7.10. The van der Waals surface area contributed by atoms with Crippen LogP contribution < -0.4 is 5.32 Å². The van der Waals surface area contributed by atoms with Crippen molar-refractivity contribution >= 4 is 27.6 Å². The number of H-pyrrole nitrogens is 2. The minimum Gasteiger partial charge on any atom is -0.374 e. The van der Waals surface area contributed by atoms with Gasteiger partial charge in [-0.05, 0) is 42.3 Å². The van der Waals surface area contributed by atoms with Gasteiger partial charge in [-0.25, -0.2) is 9.37 Å². The quantitative estimate of drug-likeness (QED) is 0.234. The highest BCUT2D eigenvalue weighted by molar-refractivity contribution is 5.97. The number of pyridine rings is 2.